The minimum atomic E-state index is -4.74. The van der Waals surface area contributed by atoms with E-state index in [4.69, 9.17) is 50.3 Å². The molecule has 0 amide bonds. The first-order valence-corrected chi connectivity index (χ1v) is 8.44. The predicted molar refractivity (Wildman–Crippen MR) is 76.9 cm³/mol. The Hall–Kier alpha value is -0.540. The normalized spacial score (nSPS) is 29.3. The standard InChI is InChI=1S/C6H12O5.C5H11O8P/c7-1-4-6(10)5(9)3(8)2-11-4;6-1-3(7)5(9)4(8)2-13-14(10,11)12/h3-10H,1-2H2;4-6,8-9H,1-2H2,(H2,10,11,12)/t3-,4+,5+,6+;/m0./s1. The van der Waals surface area contributed by atoms with Crippen molar-refractivity contribution >= 4 is 13.6 Å². The minimum Gasteiger partial charge on any atom is -0.394 e. The van der Waals surface area contributed by atoms with Gasteiger partial charge >= 0.3 is 7.82 Å². The van der Waals surface area contributed by atoms with Gasteiger partial charge in [0.1, 0.15) is 43.2 Å². The Bertz CT molecular complexity index is 438. The number of aliphatic hydroxyl groups excluding tert-OH is 7. The Morgan fingerprint density at radius 2 is 1.72 bits per heavy atom. The highest BCUT2D eigenvalue weighted by Gasteiger charge is 2.36. The predicted octanol–water partition coefficient (Wildman–Crippen LogP) is -5.16. The van der Waals surface area contributed by atoms with Crippen LogP contribution >= 0.6 is 7.82 Å². The molecule has 1 aliphatic heterocycles. The lowest BCUT2D eigenvalue weighted by Crippen LogP contribution is -2.53. The molecule has 25 heavy (non-hydrogen) atoms. The number of Topliss-reactive ketones (excluding diaryl/α,β-unsaturated/α-hetero) is 1. The van der Waals surface area contributed by atoms with Gasteiger partial charge in [0.15, 0.2) is 5.78 Å². The van der Waals surface area contributed by atoms with Gasteiger partial charge in [-0.15, -0.1) is 0 Å². The molecule has 14 heteroatoms. The number of aliphatic hydroxyl groups is 7. The van der Waals surface area contributed by atoms with E-state index in [0.717, 1.165) is 0 Å². The van der Waals surface area contributed by atoms with E-state index in [0.29, 0.717) is 0 Å². The zero-order valence-corrected chi connectivity index (χ0v) is 13.8. The van der Waals surface area contributed by atoms with Crippen molar-refractivity contribution in [2.75, 3.05) is 26.4 Å². The molecule has 1 rings (SSSR count). The second kappa shape index (κ2) is 11.2. The number of ether oxygens (including phenoxy) is 1. The molecule has 0 bridgehead atoms. The minimum absolute atomic E-state index is 0.0521. The van der Waals surface area contributed by atoms with Crippen LogP contribution in [0.25, 0.3) is 0 Å². The fourth-order valence-corrected chi connectivity index (χ4v) is 1.95. The largest absolute Gasteiger partial charge is 0.469 e. The lowest BCUT2D eigenvalue weighted by atomic mass is 10.0. The van der Waals surface area contributed by atoms with Gasteiger partial charge in [0.25, 0.3) is 0 Å². The van der Waals surface area contributed by atoms with Crippen molar-refractivity contribution in [2.24, 2.45) is 0 Å². The maximum atomic E-state index is 10.6. The Morgan fingerprint density at radius 1 is 1.16 bits per heavy atom. The van der Waals surface area contributed by atoms with E-state index < -0.39 is 63.4 Å². The van der Waals surface area contributed by atoms with E-state index in [1.165, 1.54) is 0 Å². The van der Waals surface area contributed by atoms with Gasteiger partial charge in [-0.05, 0) is 0 Å². The van der Waals surface area contributed by atoms with Crippen molar-refractivity contribution in [1.29, 1.82) is 0 Å². The number of rotatable bonds is 7. The number of phosphoric ester groups is 1. The van der Waals surface area contributed by atoms with Gasteiger partial charge in [-0.2, -0.15) is 0 Å². The summed E-state index contributed by atoms with van der Waals surface area (Å²) in [6, 6.07) is 0. The highest BCUT2D eigenvalue weighted by Crippen LogP contribution is 2.35. The fraction of sp³-hybridized carbons (Fsp3) is 0.909. The molecule has 6 atom stereocenters. The molecule has 0 saturated carbocycles. The first-order valence-electron chi connectivity index (χ1n) is 6.91. The maximum absolute atomic E-state index is 10.6. The molecule has 0 aliphatic carbocycles. The van der Waals surface area contributed by atoms with Gasteiger partial charge in [-0.1, -0.05) is 0 Å². The third-order valence-electron chi connectivity index (χ3n) is 3.05. The molecular formula is C11H23O13P. The van der Waals surface area contributed by atoms with Crippen molar-refractivity contribution in [2.45, 2.75) is 36.6 Å². The van der Waals surface area contributed by atoms with Gasteiger partial charge in [-0.25, -0.2) is 4.57 Å². The summed E-state index contributed by atoms with van der Waals surface area (Å²) in [6.45, 7) is -2.29. The summed E-state index contributed by atoms with van der Waals surface area (Å²) in [5.74, 6) is -1.06. The number of carbonyl (C=O) groups is 1. The molecule has 0 radical (unpaired) electrons. The van der Waals surface area contributed by atoms with Gasteiger partial charge in [0.05, 0.1) is 19.8 Å². The first kappa shape index (κ1) is 24.5. The molecule has 1 aliphatic rings. The zero-order valence-electron chi connectivity index (χ0n) is 12.9. The number of hydrogen-bond acceptors (Lipinski definition) is 11. The van der Waals surface area contributed by atoms with Crippen LogP contribution in [0.3, 0.4) is 0 Å². The second-order valence-electron chi connectivity index (χ2n) is 5.03. The van der Waals surface area contributed by atoms with Crippen LogP contribution in [0, 0.1) is 0 Å². The molecule has 2 unspecified atom stereocenters. The van der Waals surface area contributed by atoms with Crippen molar-refractivity contribution in [3.63, 3.8) is 0 Å². The number of phosphoric acid groups is 1. The number of ketones is 1. The molecular weight excluding hydrogens is 371 g/mol. The third kappa shape index (κ3) is 9.10. The third-order valence-corrected chi connectivity index (χ3v) is 3.54. The summed E-state index contributed by atoms with van der Waals surface area (Å²) >= 11 is 0. The van der Waals surface area contributed by atoms with Crippen molar-refractivity contribution in [3.05, 3.63) is 0 Å². The van der Waals surface area contributed by atoms with E-state index >= 15 is 0 Å². The topological polar surface area (TPSA) is 235 Å². The highest BCUT2D eigenvalue weighted by atomic mass is 31.2. The van der Waals surface area contributed by atoms with E-state index in [1.807, 2.05) is 0 Å². The van der Waals surface area contributed by atoms with Crippen LogP contribution in [0.15, 0.2) is 0 Å². The fourth-order valence-electron chi connectivity index (χ4n) is 1.60. The summed E-state index contributed by atoms with van der Waals surface area (Å²) in [4.78, 5) is 27.0. The lowest BCUT2D eigenvalue weighted by molar-refractivity contribution is -0.195. The number of carbonyl (C=O) groups excluding carboxylic acids is 1. The monoisotopic (exact) mass is 394 g/mol. The van der Waals surface area contributed by atoms with E-state index in [2.05, 4.69) is 4.52 Å². The van der Waals surface area contributed by atoms with E-state index in [9.17, 15) is 9.36 Å². The quantitative estimate of drug-likeness (QED) is 0.184. The van der Waals surface area contributed by atoms with Gasteiger partial charge in [0, 0.05) is 0 Å². The maximum Gasteiger partial charge on any atom is 0.469 e. The van der Waals surface area contributed by atoms with Crippen LogP contribution in [0.4, 0.5) is 0 Å². The summed E-state index contributed by atoms with van der Waals surface area (Å²) in [5, 5.41) is 61.8. The highest BCUT2D eigenvalue weighted by molar-refractivity contribution is 7.46. The molecule has 1 saturated heterocycles. The lowest BCUT2D eigenvalue weighted by Gasteiger charge is -2.34. The van der Waals surface area contributed by atoms with E-state index in [1.54, 1.807) is 0 Å². The molecule has 13 nitrogen and oxygen atoms in total. The van der Waals surface area contributed by atoms with Crippen molar-refractivity contribution < 1.29 is 64.2 Å². The van der Waals surface area contributed by atoms with Crippen molar-refractivity contribution in [1.82, 2.24) is 0 Å². The van der Waals surface area contributed by atoms with Crippen LogP contribution in [0.1, 0.15) is 0 Å². The van der Waals surface area contributed by atoms with Gasteiger partial charge in [0.2, 0.25) is 0 Å². The number of hydrogen-bond donors (Lipinski definition) is 9. The Kier molecular flexibility index (Phi) is 11.0. The van der Waals surface area contributed by atoms with Gasteiger partial charge < -0.3 is 50.3 Å². The SMILES string of the molecule is O=C(CO)C(O)C(O)COP(=O)(O)O.OC[C@H]1OC[C@H](O)[C@@H](O)[C@@H]1O. The molecule has 0 aromatic carbocycles. The van der Waals surface area contributed by atoms with Crippen LogP contribution in [-0.4, -0.2) is 114 Å². The van der Waals surface area contributed by atoms with Crippen LogP contribution in [0.2, 0.25) is 0 Å². The molecule has 1 heterocycles. The Morgan fingerprint density at radius 3 is 2.16 bits per heavy atom. The smallest absolute Gasteiger partial charge is 0.394 e. The molecule has 0 aromatic rings. The zero-order chi connectivity index (χ0) is 19.8. The van der Waals surface area contributed by atoms with E-state index in [-0.39, 0.29) is 13.2 Å². The summed E-state index contributed by atoms with van der Waals surface area (Å²) < 4.78 is 18.8. The van der Waals surface area contributed by atoms with Crippen LogP contribution < -0.4 is 0 Å². The summed E-state index contributed by atoms with van der Waals surface area (Å²) in [6.07, 6.45) is -7.99. The molecule has 0 aromatic heterocycles. The average molecular weight is 394 g/mol. The molecule has 9 N–H and O–H groups in total. The van der Waals surface area contributed by atoms with Crippen LogP contribution in [0.5, 0.6) is 0 Å². The summed E-state index contributed by atoms with van der Waals surface area (Å²) in [5.41, 5.74) is 0. The second-order valence-corrected chi connectivity index (χ2v) is 6.27. The summed E-state index contributed by atoms with van der Waals surface area (Å²) in [7, 11) is -4.74. The Labute approximate surface area is 141 Å². The molecule has 0 spiro atoms. The average Bonchev–Trinajstić information content (AvgIpc) is 2.56. The van der Waals surface area contributed by atoms with Crippen LogP contribution in [-0.2, 0) is 18.6 Å². The Balaban J connectivity index is 0.000000472. The van der Waals surface area contributed by atoms with Crippen molar-refractivity contribution in [3.8, 4) is 0 Å². The first-order chi connectivity index (χ1) is 11.4. The molecule has 150 valence electrons. The van der Waals surface area contributed by atoms with Gasteiger partial charge in [-0.3, -0.25) is 9.32 Å². The molecule has 1 fully saturated rings.